The maximum absolute atomic E-state index is 10.9. The van der Waals surface area contributed by atoms with Gasteiger partial charge < -0.3 is 20.1 Å². The second-order valence-electron chi connectivity index (χ2n) is 5.82. The van der Waals surface area contributed by atoms with Gasteiger partial charge in [-0.2, -0.15) is 0 Å². The average Bonchev–Trinajstić information content (AvgIpc) is 2.55. The molecule has 1 atom stereocenters. The molecule has 0 spiro atoms. The number of ether oxygens (including phenoxy) is 1. The van der Waals surface area contributed by atoms with Gasteiger partial charge >= 0.3 is 5.97 Å². The molecule has 0 aromatic carbocycles. The van der Waals surface area contributed by atoms with Crippen molar-refractivity contribution < 1.29 is 24.9 Å². The molecule has 0 heterocycles. The highest BCUT2D eigenvalue weighted by Crippen LogP contribution is 2.28. The van der Waals surface area contributed by atoms with E-state index in [4.69, 9.17) is 20.1 Å². The summed E-state index contributed by atoms with van der Waals surface area (Å²) in [5.74, 6) is 0.0998. The van der Waals surface area contributed by atoms with E-state index in [1.54, 1.807) is 0 Å². The molecule has 0 aliphatic rings. The topological polar surface area (TPSA) is 87.0 Å². The first-order valence-electron chi connectivity index (χ1n) is 8.46. The van der Waals surface area contributed by atoms with Gasteiger partial charge in [-0.1, -0.05) is 47.0 Å². The Morgan fingerprint density at radius 3 is 1.86 bits per heavy atom. The fourth-order valence-electron chi connectivity index (χ4n) is 1.86. The van der Waals surface area contributed by atoms with Crippen molar-refractivity contribution in [1.82, 2.24) is 0 Å². The first kappa shape index (κ1) is 23.6. The molecule has 0 fully saturated rings. The molecule has 0 aliphatic heterocycles. The van der Waals surface area contributed by atoms with Crippen LogP contribution in [0, 0.1) is 11.3 Å². The van der Waals surface area contributed by atoms with Crippen LogP contribution in [-0.2, 0) is 9.53 Å². The Morgan fingerprint density at radius 2 is 1.55 bits per heavy atom. The molecule has 0 saturated heterocycles. The third-order valence-electron chi connectivity index (χ3n) is 4.05. The summed E-state index contributed by atoms with van der Waals surface area (Å²) >= 11 is 0. The number of unbranched alkanes of at least 4 members (excludes halogenated alkanes) is 2. The maximum Gasteiger partial charge on any atom is 0.305 e. The monoisotopic (exact) mass is 320 g/mol. The first-order valence-corrected chi connectivity index (χ1v) is 8.46. The zero-order valence-corrected chi connectivity index (χ0v) is 14.8. The number of carbonyl (C=O) groups is 1. The van der Waals surface area contributed by atoms with Crippen LogP contribution >= 0.6 is 0 Å². The van der Waals surface area contributed by atoms with Gasteiger partial charge in [0.25, 0.3) is 0 Å². The van der Waals surface area contributed by atoms with Crippen molar-refractivity contribution in [2.45, 2.75) is 66.2 Å². The van der Waals surface area contributed by atoms with Crippen molar-refractivity contribution in [2.75, 3.05) is 26.4 Å². The largest absolute Gasteiger partial charge is 0.466 e. The SMILES string of the molecule is CCC(C)C(CO)(CO)CO.CCCCCC(=O)OCCC. The number of hydrogen-bond acceptors (Lipinski definition) is 5. The van der Waals surface area contributed by atoms with Crippen molar-refractivity contribution >= 4 is 5.97 Å². The molecule has 3 N–H and O–H groups in total. The van der Waals surface area contributed by atoms with Gasteiger partial charge in [0.2, 0.25) is 0 Å². The third-order valence-corrected chi connectivity index (χ3v) is 4.05. The number of carbonyl (C=O) groups excluding carboxylic acids is 1. The van der Waals surface area contributed by atoms with Crippen LogP contribution in [0.15, 0.2) is 0 Å². The molecule has 22 heavy (non-hydrogen) atoms. The molecular formula is C17H36O5. The summed E-state index contributed by atoms with van der Waals surface area (Å²) in [4.78, 5) is 10.9. The maximum atomic E-state index is 10.9. The van der Waals surface area contributed by atoms with Gasteiger partial charge in [-0.05, 0) is 18.8 Å². The smallest absolute Gasteiger partial charge is 0.305 e. The lowest BCUT2D eigenvalue weighted by atomic mass is 9.77. The second kappa shape index (κ2) is 15.3. The number of rotatable bonds is 11. The highest BCUT2D eigenvalue weighted by atomic mass is 16.5. The highest BCUT2D eigenvalue weighted by molar-refractivity contribution is 5.69. The van der Waals surface area contributed by atoms with Gasteiger partial charge in [-0.3, -0.25) is 4.79 Å². The summed E-state index contributed by atoms with van der Waals surface area (Å²) in [7, 11) is 0. The Morgan fingerprint density at radius 1 is 1.00 bits per heavy atom. The van der Waals surface area contributed by atoms with Crippen molar-refractivity contribution in [3.05, 3.63) is 0 Å². The summed E-state index contributed by atoms with van der Waals surface area (Å²) in [6.07, 6.45) is 5.61. The van der Waals surface area contributed by atoms with E-state index < -0.39 is 5.41 Å². The Kier molecular flexibility index (Phi) is 16.4. The summed E-state index contributed by atoms with van der Waals surface area (Å²) < 4.78 is 4.90. The fraction of sp³-hybridized carbons (Fsp3) is 0.941. The van der Waals surface area contributed by atoms with Crippen LogP contribution in [0.25, 0.3) is 0 Å². The Balaban J connectivity index is 0. The second-order valence-corrected chi connectivity index (χ2v) is 5.82. The molecule has 0 amide bonds. The lowest BCUT2D eigenvalue weighted by Crippen LogP contribution is -2.40. The minimum Gasteiger partial charge on any atom is -0.466 e. The van der Waals surface area contributed by atoms with E-state index in [-0.39, 0.29) is 31.7 Å². The number of aliphatic hydroxyl groups is 3. The van der Waals surface area contributed by atoms with E-state index in [0.717, 1.165) is 32.1 Å². The summed E-state index contributed by atoms with van der Waals surface area (Å²) in [5.41, 5.74) is -0.700. The van der Waals surface area contributed by atoms with Crippen molar-refractivity contribution in [2.24, 2.45) is 11.3 Å². The van der Waals surface area contributed by atoms with Crippen molar-refractivity contribution in [3.63, 3.8) is 0 Å². The number of aliphatic hydroxyl groups excluding tert-OH is 3. The van der Waals surface area contributed by atoms with E-state index in [0.29, 0.717) is 13.0 Å². The van der Waals surface area contributed by atoms with Gasteiger partial charge in [-0.25, -0.2) is 0 Å². The third kappa shape index (κ3) is 10.1. The quantitative estimate of drug-likeness (QED) is 0.402. The molecule has 5 heteroatoms. The highest BCUT2D eigenvalue weighted by Gasteiger charge is 2.33. The molecule has 0 bridgehead atoms. The molecule has 0 rings (SSSR count). The summed E-state index contributed by atoms with van der Waals surface area (Å²) in [5, 5.41) is 26.9. The molecule has 0 aromatic rings. The van der Waals surface area contributed by atoms with Crippen LogP contribution < -0.4 is 0 Å². The summed E-state index contributed by atoms with van der Waals surface area (Å²) in [6, 6.07) is 0. The minimum absolute atomic E-state index is 0.0414. The molecule has 134 valence electrons. The molecule has 5 nitrogen and oxygen atoms in total. The summed E-state index contributed by atoms with van der Waals surface area (Å²) in [6.45, 7) is 8.11. The molecule has 1 unspecified atom stereocenters. The van der Waals surface area contributed by atoms with E-state index >= 15 is 0 Å². The lowest BCUT2D eigenvalue weighted by molar-refractivity contribution is -0.143. The normalized spacial score (nSPS) is 12.3. The molecular weight excluding hydrogens is 284 g/mol. The molecule has 0 aromatic heterocycles. The zero-order valence-electron chi connectivity index (χ0n) is 14.8. The van der Waals surface area contributed by atoms with Crippen LogP contribution in [0.5, 0.6) is 0 Å². The van der Waals surface area contributed by atoms with Gasteiger partial charge in [0.15, 0.2) is 0 Å². The Bertz CT molecular complexity index is 243. The predicted molar refractivity (Wildman–Crippen MR) is 88.5 cm³/mol. The first-order chi connectivity index (χ1) is 10.5. The number of esters is 1. The van der Waals surface area contributed by atoms with Crippen LogP contribution in [0.1, 0.15) is 66.2 Å². The molecule has 0 aliphatic carbocycles. The van der Waals surface area contributed by atoms with Crippen molar-refractivity contribution in [1.29, 1.82) is 0 Å². The fourth-order valence-corrected chi connectivity index (χ4v) is 1.86. The van der Waals surface area contributed by atoms with Crippen LogP contribution in [0.4, 0.5) is 0 Å². The van der Waals surface area contributed by atoms with E-state index in [1.807, 2.05) is 20.8 Å². The van der Waals surface area contributed by atoms with Crippen LogP contribution in [-0.4, -0.2) is 47.7 Å². The van der Waals surface area contributed by atoms with Crippen molar-refractivity contribution in [3.8, 4) is 0 Å². The van der Waals surface area contributed by atoms with E-state index in [2.05, 4.69) is 6.92 Å². The Hall–Kier alpha value is -0.650. The van der Waals surface area contributed by atoms with E-state index in [9.17, 15) is 4.79 Å². The van der Waals surface area contributed by atoms with Gasteiger partial charge in [0.1, 0.15) is 0 Å². The van der Waals surface area contributed by atoms with Gasteiger partial charge in [-0.15, -0.1) is 0 Å². The Labute approximate surface area is 135 Å². The predicted octanol–water partition coefficient (Wildman–Crippen LogP) is 2.52. The number of hydrogen-bond donors (Lipinski definition) is 3. The van der Waals surface area contributed by atoms with Crippen LogP contribution in [0.2, 0.25) is 0 Å². The minimum atomic E-state index is -0.700. The van der Waals surface area contributed by atoms with Gasteiger partial charge in [0, 0.05) is 11.8 Å². The molecule has 0 saturated carbocycles. The van der Waals surface area contributed by atoms with E-state index in [1.165, 1.54) is 0 Å². The molecule has 0 radical (unpaired) electrons. The van der Waals surface area contributed by atoms with Crippen LogP contribution in [0.3, 0.4) is 0 Å². The van der Waals surface area contributed by atoms with Gasteiger partial charge in [0.05, 0.1) is 26.4 Å². The zero-order chi connectivity index (χ0) is 17.4. The average molecular weight is 320 g/mol. The lowest BCUT2D eigenvalue weighted by Gasteiger charge is -2.33. The standard InChI is InChI=1S/C9H18O2.C8H18O3/c1-3-5-6-7-9(10)11-8-4-2;1-3-7(2)8(4-9,5-10)6-11/h3-8H2,1-2H3;7,9-11H,3-6H2,1-2H3.